The molecule has 32 heavy (non-hydrogen) atoms. The Hall–Kier alpha value is -0.640. The third kappa shape index (κ3) is 4.51. The van der Waals surface area contributed by atoms with Gasteiger partial charge in [0.15, 0.2) is 11.9 Å². The van der Waals surface area contributed by atoms with Crippen molar-refractivity contribution in [3.63, 3.8) is 0 Å². The topological polar surface area (TPSA) is 83.5 Å². The number of halogens is 2. The molecule has 5 rings (SSSR count). The van der Waals surface area contributed by atoms with Crippen LogP contribution in [0.1, 0.15) is 58.8 Å². The molecule has 1 aliphatic carbocycles. The lowest BCUT2D eigenvalue weighted by Gasteiger charge is -2.58. The molecule has 0 aromatic carbocycles. The number of nitrogens with zero attached hydrogens (tertiary/aromatic N) is 1. The predicted octanol–water partition coefficient (Wildman–Crippen LogP) is 3.58. The van der Waals surface area contributed by atoms with Crippen molar-refractivity contribution in [3.05, 3.63) is 0 Å². The molecule has 1 amide bonds. The number of carbonyl (C=O) groups is 2. The van der Waals surface area contributed by atoms with Gasteiger partial charge >= 0.3 is 5.97 Å². The van der Waals surface area contributed by atoms with Gasteiger partial charge in [-0.3, -0.25) is 9.59 Å². The second kappa shape index (κ2) is 9.92. The van der Waals surface area contributed by atoms with E-state index in [0.717, 1.165) is 32.1 Å². The van der Waals surface area contributed by atoms with Gasteiger partial charge in [0.05, 0.1) is 6.42 Å². The molecule has 5 fully saturated rings. The summed E-state index contributed by atoms with van der Waals surface area (Å²) in [7, 11) is 0. The largest absolute Gasteiger partial charge is 0.435 e. The van der Waals surface area contributed by atoms with Crippen molar-refractivity contribution in [2.45, 2.75) is 82.8 Å². The summed E-state index contributed by atoms with van der Waals surface area (Å²) in [4.78, 5) is 38.3. The Morgan fingerprint density at radius 3 is 2.56 bits per heavy atom. The molecule has 2 bridgehead atoms. The average Bonchev–Trinajstić information content (AvgIpc) is 3.00. The van der Waals surface area contributed by atoms with E-state index in [2.05, 4.69) is 0 Å². The Morgan fingerprint density at radius 1 is 1.09 bits per heavy atom. The molecule has 0 radical (unpaired) electrons. The fourth-order valence-corrected chi connectivity index (χ4v) is 6.19. The van der Waals surface area contributed by atoms with Crippen molar-refractivity contribution in [2.24, 2.45) is 17.8 Å². The number of hydrogen-bond donors (Lipinski definition) is 0. The summed E-state index contributed by atoms with van der Waals surface area (Å²) in [6, 6.07) is 0. The summed E-state index contributed by atoms with van der Waals surface area (Å²) >= 11 is 11.5. The molecular weight excluding hydrogens is 461 g/mol. The van der Waals surface area contributed by atoms with Gasteiger partial charge in [-0.15, -0.1) is 23.2 Å². The van der Waals surface area contributed by atoms with Crippen LogP contribution in [0.4, 0.5) is 0 Å². The van der Waals surface area contributed by atoms with E-state index in [1.54, 1.807) is 4.90 Å². The molecule has 7 atom stereocenters. The van der Waals surface area contributed by atoms with E-state index in [1.165, 1.54) is 0 Å². The molecule has 7 unspecified atom stereocenters. The first-order valence-corrected chi connectivity index (χ1v) is 12.7. The molecule has 0 aromatic heterocycles. The summed E-state index contributed by atoms with van der Waals surface area (Å²) in [5, 5.41) is 0. The average molecular weight is 494 g/mol. The van der Waals surface area contributed by atoms with Crippen LogP contribution in [-0.2, 0) is 33.6 Å². The molecule has 0 aromatic rings. The highest BCUT2D eigenvalue weighted by molar-refractivity contribution is 6.18. The van der Waals surface area contributed by atoms with Crippen molar-refractivity contribution in [1.82, 2.24) is 4.90 Å². The lowest BCUT2D eigenvalue weighted by atomic mass is 9.61. The monoisotopic (exact) mass is 493 g/mol. The highest BCUT2D eigenvalue weighted by atomic mass is 35.5. The number of amides is 1. The second-order valence-electron chi connectivity index (χ2n) is 9.49. The second-order valence-corrected chi connectivity index (χ2v) is 10.2. The smallest absolute Gasteiger partial charge is 0.308 e. The first-order valence-electron chi connectivity index (χ1n) is 11.6. The van der Waals surface area contributed by atoms with E-state index < -0.39 is 29.9 Å². The van der Waals surface area contributed by atoms with Gasteiger partial charge in [0.2, 0.25) is 18.0 Å². The fourth-order valence-electron chi connectivity index (χ4n) is 5.78. The quantitative estimate of drug-likeness (QED) is 0.290. The number of hydrogen-bond acceptors (Lipinski definition) is 7. The molecule has 8 nitrogen and oxygen atoms in total. The molecule has 1 spiro atoms. The van der Waals surface area contributed by atoms with Gasteiger partial charge in [0.1, 0.15) is 0 Å². The van der Waals surface area contributed by atoms with E-state index >= 15 is 0 Å². The number of alkyl halides is 2. The van der Waals surface area contributed by atoms with Crippen molar-refractivity contribution in [1.29, 1.82) is 0 Å². The first-order chi connectivity index (χ1) is 15.3. The summed E-state index contributed by atoms with van der Waals surface area (Å²) < 4.78 is 18.1. The van der Waals surface area contributed by atoms with E-state index in [4.69, 9.17) is 47.2 Å². The first kappa shape index (κ1) is 24.5. The van der Waals surface area contributed by atoms with Crippen molar-refractivity contribution >= 4 is 35.1 Å². The van der Waals surface area contributed by atoms with Crippen molar-refractivity contribution < 1.29 is 33.6 Å². The Morgan fingerprint density at radius 2 is 1.84 bits per heavy atom. The standard InChI is InChI=1S/C22H33Cl2NO7/c1-14-16-5-3-4-15-8-9-21(2)30-20(22(15,16)32-31-21)29-19(14)28-18(27)7-6-17(26)25(12-10-23)13-11-24/h14-16,19-20H,3-13H2,1-2H3. The van der Waals surface area contributed by atoms with Crippen LogP contribution in [-0.4, -0.2) is 65.6 Å². The lowest BCUT2D eigenvalue weighted by molar-refractivity contribution is -0.575. The van der Waals surface area contributed by atoms with Gasteiger partial charge in [-0.05, 0) is 32.1 Å². The zero-order valence-electron chi connectivity index (χ0n) is 18.7. The van der Waals surface area contributed by atoms with Gasteiger partial charge in [-0.2, -0.15) is 0 Å². The third-order valence-electron chi connectivity index (χ3n) is 7.49. The molecule has 4 saturated heterocycles. The minimum absolute atomic E-state index is 0.0340. The molecule has 10 heteroatoms. The summed E-state index contributed by atoms with van der Waals surface area (Å²) in [5.74, 6) is -0.601. The summed E-state index contributed by atoms with van der Waals surface area (Å²) in [6.07, 6.45) is 3.33. The van der Waals surface area contributed by atoms with Crippen molar-refractivity contribution in [3.8, 4) is 0 Å². The highest BCUT2D eigenvalue weighted by Gasteiger charge is 2.68. The zero-order valence-corrected chi connectivity index (χ0v) is 20.2. The van der Waals surface area contributed by atoms with Crippen LogP contribution in [0.25, 0.3) is 0 Å². The predicted molar refractivity (Wildman–Crippen MR) is 116 cm³/mol. The molecule has 4 heterocycles. The summed E-state index contributed by atoms with van der Waals surface area (Å²) in [5.41, 5.74) is -0.670. The van der Waals surface area contributed by atoms with Crippen LogP contribution < -0.4 is 0 Å². The van der Waals surface area contributed by atoms with Gasteiger partial charge in [-0.1, -0.05) is 13.3 Å². The van der Waals surface area contributed by atoms with E-state index in [-0.39, 0.29) is 36.5 Å². The van der Waals surface area contributed by atoms with E-state index in [0.29, 0.717) is 24.8 Å². The highest BCUT2D eigenvalue weighted by Crippen LogP contribution is 2.59. The van der Waals surface area contributed by atoms with Gasteiger partial charge < -0.3 is 19.1 Å². The van der Waals surface area contributed by atoms with E-state index in [9.17, 15) is 9.59 Å². The Balaban J connectivity index is 1.40. The van der Waals surface area contributed by atoms with Gasteiger partial charge in [-0.25, -0.2) is 9.78 Å². The van der Waals surface area contributed by atoms with Crippen molar-refractivity contribution in [2.75, 3.05) is 24.8 Å². The SMILES string of the molecule is CC1C(OC(=O)CCC(=O)N(CCCl)CCCl)OC2OC3(C)CCC4CCCC1C42OO3. The van der Waals surface area contributed by atoms with Crippen LogP contribution >= 0.6 is 23.2 Å². The Bertz CT molecular complexity index is 706. The van der Waals surface area contributed by atoms with Crippen LogP contribution in [0.5, 0.6) is 0 Å². The molecular formula is C22H33Cl2NO7. The number of esters is 1. The Labute approximate surface area is 199 Å². The molecule has 5 aliphatic rings. The van der Waals surface area contributed by atoms with Crippen LogP contribution in [0.2, 0.25) is 0 Å². The number of rotatable bonds is 8. The number of carbonyl (C=O) groups excluding carboxylic acids is 2. The fraction of sp³-hybridized carbons (Fsp3) is 0.909. The lowest BCUT2D eigenvalue weighted by Crippen LogP contribution is -2.69. The maximum atomic E-state index is 12.6. The molecule has 182 valence electrons. The maximum absolute atomic E-state index is 12.6. The normalized spacial score (nSPS) is 40.3. The minimum Gasteiger partial charge on any atom is -0.435 e. The third-order valence-corrected chi connectivity index (χ3v) is 7.83. The maximum Gasteiger partial charge on any atom is 0.308 e. The zero-order chi connectivity index (χ0) is 22.9. The molecule has 4 aliphatic heterocycles. The number of ether oxygens (including phenoxy) is 3. The summed E-state index contributed by atoms with van der Waals surface area (Å²) in [6.45, 7) is 4.67. The number of fused-ring (bicyclic) bond motifs is 2. The minimum atomic E-state index is -0.867. The van der Waals surface area contributed by atoms with Gasteiger partial charge in [0, 0.05) is 49.5 Å². The molecule has 0 N–H and O–H groups in total. The van der Waals surface area contributed by atoms with Crippen LogP contribution in [0, 0.1) is 17.8 Å². The molecule has 1 saturated carbocycles. The van der Waals surface area contributed by atoms with Crippen LogP contribution in [0.3, 0.4) is 0 Å². The Kier molecular flexibility index (Phi) is 7.59. The van der Waals surface area contributed by atoms with Crippen LogP contribution in [0.15, 0.2) is 0 Å². The van der Waals surface area contributed by atoms with E-state index in [1.807, 2.05) is 13.8 Å². The van der Waals surface area contributed by atoms with Gasteiger partial charge in [0.25, 0.3) is 0 Å².